The summed E-state index contributed by atoms with van der Waals surface area (Å²) < 4.78 is 26.7. The molecular weight excluding hydrogens is 200 g/mol. The molecule has 0 saturated heterocycles. The summed E-state index contributed by atoms with van der Waals surface area (Å²) in [7, 11) is 0. The van der Waals surface area contributed by atoms with Crippen LogP contribution in [0.2, 0.25) is 0 Å². The van der Waals surface area contributed by atoms with Gasteiger partial charge in [0.25, 0.3) is 0 Å². The number of halogens is 2. The molecule has 0 aliphatic rings. The van der Waals surface area contributed by atoms with Crippen LogP contribution in [0.15, 0.2) is 18.3 Å². The van der Waals surface area contributed by atoms with Crippen LogP contribution >= 0.6 is 0 Å². The molecule has 0 radical (unpaired) electrons. The van der Waals surface area contributed by atoms with Gasteiger partial charge >= 0.3 is 0 Å². The number of H-pyrrole nitrogens is 1. The van der Waals surface area contributed by atoms with Gasteiger partial charge in [-0.25, -0.2) is 8.78 Å². The van der Waals surface area contributed by atoms with Crippen LogP contribution in [0.1, 0.15) is 5.56 Å². The van der Waals surface area contributed by atoms with Crippen molar-refractivity contribution in [2.24, 2.45) is 0 Å². The maximum absolute atomic E-state index is 13.5. The van der Waals surface area contributed by atoms with E-state index >= 15 is 0 Å². The van der Waals surface area contributed by atoms with Crippen molar-refractivity contribution in [1.82, 2.24) is 10.2 Å². The second-order valence-corrected chi connectivity index (χ2v) is 3.28. The number of nitrogens with two attached hydrogens (primary N) is 1. The second-order valence-electron chi connectivity index (χ2n) is 3.28. The number of nitrogens with one attached hydrogen (secondary N) is 1. The number of aryl methyl sites for hydroxylation is 1. The Bertz CT molecular complexity index is 505. The molecule has 0 fully saturated rings. The predicted octanol–water partition coefficient (Wildman–Crippen LogP) is 2.25. The molecule has 1 aromatic carbocycles. The first kappa shape index (κ1) is 9.64. The van der Waals surface area contributed by atoms with E-state index in [1.165, 1.54) is 13.1 Å². The van der Waals surface area contributed by atoms with E-state index in [2.05, 4.69) is 10.2 Å². The van der Waals surface area contributed by atoms with Crippen LogP contribution in [0.3, 0.4) is 0 Å². The fourth-order valence-corrected chi connectivity index (χ4v) is 1.35. The average Bonchev–Trinajstić information content (AvgIpc) is 2.58. The molecule has 0 bridgehead atoms. The SMILES string of the molecule is Cc1cc(F)c(-c2[nH]ncc2N)cc1F. The van der Waals surface area contributed by atoms with Gasteiger partial charge in [0.2, 0.25) is 0 Å². The van der Waals surface area contributed by atoms with E-state index in [4.69, 9.17) is 5.73 Å². The third-order valence-electron chi connectivity index (χ3n) is 2.19. The summed E-state index contributed by atoms with van der Waals surface area (Å²) in [6.07, 6.45) is 1.35. The minimum absolute atomic E-state index is 0.0908. The van der Waals surface area contributed by atoms with Crippen LogP contribution in [-0.4, -0.2) is 10.2 Å². The Morgan fingerprint density at radius 1 is 1.27 bits per heavy atom. The van der Waals surface area contributed by atoms with Gasteiger partial charge in [-0.15, -0.1) is 0 Å². The van der Waals surface area contributed by atoms with Crippen LogP contribution in [-0.2, 0) is 0 Å². The van der Waals surface area contributed by atoms with E-state index in [-0.39, 0.29) is 16.8 Å². The second kappa shape index (κ2) is 3.34. The number of aromatic amines is 1. The van der Waals surface area contributed by atoms with E-state index in [9.17, 15) is 8.78 Å². The van der Waals surface area contributed by atoms with E-state index in [0.717, 1.165) is 12.1 Å². The van der Waals surface area contributed by atoms with Gasteiger partial charge in [0.05, 0.1) is 17.6 Å². The number of aromatic nitrogens is 2. The topological polar surface area (TPSA) is 54.7 Å². The van der Waals surface area contributed by atoms with Crippen molar-refractivity contribution in [2.45, 2.75) is 6.92 Å². The lowest BCUT2D eigenvalue weighted by Gasteiger charge is -2.04. The molecule has 0 amide bonds. The summed E-state index contributed by atoms with van der Waals surface area (Å²) in [6.45, 7) is 1.50. The minimum atomic E-state index is -0.523. The van der Waals surface area contributed by atoms with E-state index < -0.39 is 11.6 Å². The Morgan fingerprint density at radius 2 is 2.00 bits per heavy atom. The Morgan fingerprint density at radius 3 is 2.60 bits per heavy atom. The lowest BCUT2D eigenvalue weighted by atomic mass is 10.1. The van der Waals surface area contributed by atoms with Crippen molar-refractivity contribution < 1.29 is 8.78 Å². The highest BCUT2D eigenvalue weighted by molar-refractivity contribution is 5.72. The average molecular weight is 209 g/mol. The van der Waals surface area contributed by atoms with E-state index in [0.29, 0.717) is 5.69 Å². The van der Waals surface area contributed by atoms with Crippen LogP contribution in [0.25, 0.3) is 11.3 Å². The van der Waals surface area contributed by atoms with Crippen LogP contribution in [0.5, 0.6) is 0 Å². The molecule has 5 heteroatoms. The fourth-order valence-electron chi connectivity index (χ4n) is 1.35. The van der Waals surface area contributed by atoms with E-state index in [1.54, 1.807) is 0 Å². The van der Waals surface area contributed by atoms with Crippen molar-refractivity contribution in [1.29, 1.82) is 0 Å². The first-order chi connectivity index (χ1) is 7.09. The van der Waals surface area contributed by atoms with Gasteiger partial charge in [0, 0.05) is 5.56 Å². The molecule has 1 heterocycles. The third kappa shape index (κ3) is 1.56. The number of benzene rings is 1. The molecule has 15 heavy (non-hydrogen) atoms. The first-order valence-corrected chi connectivity index (χ1v) is 4.34. The zero-order valence-electron chi connectivity index (χ0n) is 8.01. The highest BCUT2D eigenvalue weighted by atomic mass is 19.1. The Balaban J connectivity index is 2.64. The minimum Gasteiger partial charge on any atom is -0.396 e. The number of nitrogens with zero attached hydrogens (tertiary/aromatic N) is 1. The standard InChI is InChI=1S/C10H9F2N3/c1-5-2-8(12)6(3-7(5)11)10-9(13)4-14-15-10/h2-4H,13H2,1H3,(H,14,15). The largest absolute Gasteiger partial charge is 0.396 e. The number of nitrogen functional groups attached to an aromatic ring is 1. The summed E-state index contributed by atoms with van der Waals surface area (Å²) >= 11 is 0. The Hall–Kier alpha value is -1.91. The van der Waals surface area contributed by atoms with Gasteiger partial charge in [0.1, 0.15) is 11.6 Å². The Kier molecular flexibility index (Phi) is 2.15. The summed E-state index contributed by atoms with van der Waals surface area (Å²) in [4.78, 5) is 0. The van der Waals surface area contributed by atoms with Crippen molar-refractivity contribution in [3.05, 3.63) is 35.5 Å². The summed E-state index contributed by atoms with van der Waals surface area (Å²) in [5.74, 6) is -0.995. The van der Waals surface area contributed by atoms with Gasteiger partial charge in [-0.2, -0.15) is 5.10 Å². The monoisotopic (exact) mass is 209 g/mol. The van der Waals surface area contributed by atoms with Crippen molar-refractivity contribution in [2.75, 3.05) is 5.73 Å². The maximum atomic E-state index is 13.5. The van der Waals surface area contributed by atoms with Gasteiger partial charge in [-0.1, -0.05) is 0 Å². The number of hydrogen-bond acceptors (Lipinski definition) is 2. The van der Waals surface area contributed by atoms with Crippen molar-refractivity contribution >= 4 is 5.69 Å². The highest BCUT2D eigenvalue weighted by Gasteiger charge is 2.12. The summed E-state index contributed by atoms with van der Waals surface area (Å²) in [5.41, 5.74) is 6.48. The third-order valence-corrected chi connectivity index (χ3v) is 2.19. The lowest BCUT2D eigenvalue weighted by Crippen LogP contribution is -1.93. The van der Waals surface area contributed by atoms with Crippen molar-refractivity contribution in [3.8, 4) is 11.3 Å². The molecule has 1 aromatic heterocycles. The first-order valence-electron chi connectivity index (χ1n) is 4.34. The molecule has 0 unspecified atom stereocenters. The number of hydrogen-bond donors (Lipinski definition) is 2. The zero-order chi connectivity index (χ0) is 11.0. The molecule has 0 aliphatic carbocycles. The normalized spacial score (nSPS) is 10.6. The molecule has 0 saturated carbocycles. The molecule has 78 valence electrons. The molecule has 2 aromatic rings. The molecular formula is C10H9F2N3. The van der Waals surface area contributed by atoms with Crippen LogP contribution in [0.4, 0.5) is 14.5 Å². The molecule has 0 aliphatic heterocycles. The fraction of sp³-hybridized carbons (Fsp3) is 0.100. The molecule has 3 N–H and O–H groups in total. The van der Waals surface area contributed by atoms with Crippen LogP contribution < -0.4 is 5.73 Å². The lowest BCUT2D eigenvalue weighted by molar-refractivity contribution is 0.595. The number of rotatable bonds is 1. The summed E-state index contributed by atoms with van der Waals surface area (Å²) in [5, 5.41) is 6.18. The van der Waals surface area contributed by atoms with Crippen LogP contribution in [0, 0.1) is 18.6 Å². The molecule has 3 nitrogen and oxygen atoms in total. The van der Waals surface area contributed by atoms with Gasteiger partial charge in [-0.05, 0) is 24.6 Å². The maximum Gasteiger partial charge on any atom is 0.133 e. The quantitative estimate of drug-likeness (QED) is 0.756. The van der Waals surface area contributed by atoms with Crippen molar-refractivity contribution in [3.63, 3.8) is 0 Å². The summed E-state index contributed by atoms with van der Waals surface area (Å²) in [6, 6.07) is 2.24. The number of anilines is 1. The Labute approximate surface area is 84.9 Å². The predicted molar refractivity (Wildman–Crippen MR) is 53.1 cm³/mol. The highest BCUT2D eigenvalue weighted by Crippen LogP contribution is 2.27. The van der Waals surface area contributed by atoms with E-state index in [1.807, 2.05) is 0 Å². The molecule has 0 spiro atoms. The zero-order valence-corrected chi connectivity index (χ0v) is 8.01. The van der Waals surface area contributed by atoms with Gasteiger partial charge in [0.15, 0.2) is 0 Å². The smallest absolute Gasteiger partial charge is 0.133 e. The molecule has 2 rings (SSSR count). The van der Waals surface area contributed by atoms with Gasteiger partial charge < -0.3 is 5.73 Å². The molecule has 0 atom stereocenters. The van der Waals surface area contributed by atoms with Gasteiger partial charge in [-0.3, -0.25) is 5.10 Å².